The fourth-order valence-corrected chi connectivity index (χ4v) is 2.03. The molecule has 0 aliphatic rings. The Kier molecular flexibility index (Phi) is 4.71. The molecule has 4 nitrogen and oxygen atoms in total. The summed E-state index contributed by atoms with van der Waals surface area (Å²) in [6.45, 7) is 2.67. The van der Waals surface area contributed by atoms with Crippen molar-refractivity contribution in [2.75, 3.05) is 18.0 Å². The number of aromatic nitrogens is 1. The predicted molar refractivity (Wildman–Crippen MR) is 79.0 cm³/mol. The highest BCUT2D eigenvalue weighted by Gasteiger charge is 2.10. The number of carboxylic acid groups (broad SMARTS) is 1. The van der Waals surface area contributed by atoms with Crippen LogP contribution in [0, 0.1) is 6.92 Å². The lowest BCUT2D eigenvalue weighted by atomic mass is 10.1. The van der Waals surface area contributed by atoms with Crippen LogP contribution in [0.5, 0.6) is 0 Å². The molecule has 0 saturated heterocycles. The second-order valence-corrected chi connectivity index (χ2v) is 4.76. The van der Waals surface area contributed by atoms with Gasteiger partial charge in [-0.15, -0.1) is 0 Å². The Balaban J connectivity index is 2.07. The third-order valence-electron chi connectivity index (χ3n) is 3.12. The molecular weight excluding hydrogens is 252 g/mol. The first-order valence-corrected chi connectivity index (χ1v) is 6.57. The Morgan fingerprint density at radius 3 is 2.60 bits per heavy atom. The average Bonchev–Trinajstić information content (AvgIpc) is 2.45. The Morgan fingerprint density at radius 2 is 2.00 bits per heavy atom. The highest BCUT2D eigenvalue weighted by molar-refractivity contribution is 5.73. The molecule has 20 heavy (non-hydrogen) atoms. The number of carboxylic acids is 1. The molecule has 2 aromatic rings. The van der Waals surface area contributed by atoms with Crippen LogP contribution in [0.4, 0.5) is 5.69 Å². The molecule has 0 fully saturated rings. The molecule has 0 amide bonds. The van der Waals surface area contributed by atoms with Crippen molar-refractivity contribution in [1.82, 2.24) is 4.98 Å². The number of rotatable bonds is 6. The summed E-state index contributed by atoms with van der Waals surface area (Å²) < 4.78 is 0. The summed E-state index contributed by atoms with van der Waals surface area (Å²) in [7, 11) is 0. The summed E-state index contributed by atoms with van der Waals surface area (Å²) >= 11 is 0. The standard InChI is InChI=1S/C16H18N2O2/c1-13-4-6-15(7-5-13)18(12-16(19)20)10-8-14-3-2-9-17-11-14/h2-7,9,11H,8,10,12H2,1H3,(H,19,20). The zero-order chi connectivity index (χ0) is 14.4. The van der Waals surface area contributed by atoms with Gasteiger partial charge in [0.05, 0.1) is 0 Å². The average molecular weight is 270 g/mol. The number of carbonyl (C=O) groups is 1. The van der Waals surface area contributed by atoms with Crippen molar-refractivity contribution in [2.45, 2.75) is 13.3 Å². The second-order valence-electron chi connectivity index (χ2n) is 4.76. The maximum atomic E-state index is 11.0. The molecule has 0 aliphatic carbocycles. The van der Waals surface area contributed by atoms with Gasteiger partial charge < -0.3 is 10.0 Å². The van der Waals surface area contributed by atoms with E-state index in [0.29, 0.717) is 6.54 Å². The van der Waals surface area contributed by atoms with Gasteiger partial charge in [0.25, 0.3) is 0 Å². The van der Waals surface area contributed by atoms with Crippen LogP contribution >= 0.6 is 0 Å². The van der Waals surface area contributed by atoms with E-state index < -0.39 is 5.97 Å². The molecular formula is C16H18N2O2. The number of aryl methyl sites for hydroxylation is 1. The van der Waals surface area contributed by atoms with Crippen LogP contribution in [0.1, 0.15) is 11.1 Å². The molecule has 0 spiro atoms. The zero-order valence-corrected chi connectivity index (χ0v) is 11.5. The van der Waals surface area contributed by atoms with Crippen LogP contribution in [0.25, 0.3) is 0 Å². The van der Waals surface area contributed by atoms with Crippen molar-refractivity contribution in [3.8, 4) is 0 Å². The molecule has 1 heterocycles. The quantitative estimate of drug-likeness (QED) is 0.876. The van der Waals surface area contributed by atoms with Crippen LogP contribution in [-0.2, 0) is 11.2 Å². The van der Waals surface area contributed by atoms with Gasteiger partial charge in [-0.2, -0.15) is 0 Å². The molecule has 1 aromatic carbocycles. The van der Waals surface area contributed by atoms with Crippen LogP contribution in [0.15, 0.2) is 48.8 Å². The topological polar surface area (TPSA) is 53.4 Å². The van der Waals surface area contributed by atoms with Gasteiger partial charge in [-0.3, -0.25) is 9.78 Å². The molecule has 0 radical (unpaired) electrons. The summed E-state index contributed by atoms with van der Waals surface area (Å²) in [6, 6.07) is 11.8. The number of nitrogens with zero attached hydrogens (tertiary/aromatic N) is 2. The summed E-state index contributed by atoms with van der Waals surface area (Å²) in [6.07, 6.45) is 4.32. The predicted octanol–water partition coefficient (Wildman–Crippen LogP) is 2.52. The number of hydrogen-bond acceptors (Lipinski definition) is 3. The number of aliphatic carboxylic acids is 1. The lowest BCUT2D eigenvalue weighted by Gasteiger charge is -2.23. The Hall–Kier alpha value is -2.36. The Labute approximate surface area is 118 Å². The fourth-order valence-electron chi connectivity index (χ4n) is 2.03. The van der Waals surface area contributed by atoms with Gasteiger partial charge in [0.15, 0.2) is 0 Å². The van der Waals surface area contributed by atoms with E-state index in [1.54, 1.807) is 6.20 Å². The van der Waals surface area contributed by atoms with Crippen molar-refractivity contribution >= 4 is 11.7 Å². The van der Waals surface area contributed by atoms with Gasteiger partial charge in [0.2, 0.25) is 0 Å². The van der Waals surface area contributed by atoms with Crippen LogP contribution in [0.3, 0.4) is 0 Å². The number of anilines is 1. The first-order valence-electron chi connectivity index (χ1n) is 6.57. The molecule has 1 aromatic heterocycles. The van der Waals surface area contributed by atoms with E-state index in [1.165, 1.54) is 0 Å². The lowest BCUT2D eigenvalue weighted by molar-refractivity contribution is -0.135. The Bertz CT molecular complexity index is 552. The minimum atomic E-state index is -0.822. The number of hydrogen-bond donors (Lipinski definition) is 1. The number of benzene rings is 1. The normalized spacial score (nSPS) is 10.2. The summed E-state index contributed by atoms with van der Waals surface area (Å²) in [5.41, 5.74) is 3.20. The molecule has 0 atom stereocenters. The minimum absolute atomic E-state index is 0.00330. The maximum absolute atomic E-state index is 11.0. The smallest absolute Gasteiger partial charge is 0.323 e. The van der Waals surface area contributed by atoms with Gasteiger partial charge >= 0.3 is 5.97 Å². The summed E-state index contributed by atoms with van der Waals surface area (Å²) in [5.74, 6) is -0.822. The molecule has 0 unspecified atom stereocenters. The third kappa shape index (κ3) is 4.09. The first-order chi connectivity index (χ1) is 9.65. The SMILES string of the molecule is Cc1ccc(N(CCc2cccnc2)CC(=O)O)cc1. The molecule has 0 aliphatic heterocycles. The molecule has 0 bridgehead atoms. The highest BCUT2D eigenvalue weighted by Crippen LogP contribution is 2.15. The van der Waals surface area contributed by atoms with Gasteiger partial charge in [-0.25, -0.2) is 0 Å². The van der Waals surface area contributed by atoms with E-state index in [1.807, 2.05) is 54.4 Å². The molecule has 1 N–H and O–H groups in total. The van der Waals surface area contributed by atoms with Crippen molar-refractivity contribution in [3.05, 3.63) is 59.9 Å². The van der Waals surface area contributed by atoms with Crippen LogP contribution in [0.2, 0.25) is 0 Å². The van der Waals surface area contributed by atoms with Gasteiger partial charge in [-0.05, 0) is 37.1 Å². The lowest BCUT2D eigenvalue weighted by Crippen LogP contribution is -2.31. The molecule has 104 valence electrons. The largest absolute Gasteiger partial charge is 0.480 e. The zero-order valence-electron chi connectivity index (χ0n) is 11.5. The van der Waals surface area contributed by atoms with E-state index in [2.05, 4.69) is 4.98 Å². The fraction of sp³-hybridized carbons (Fsp3) is 0.250. The molecule has 0 saturated carbocycles. The summed E-state index contributed by atoms with van der Waals surface area (Å²) in [5, 5.41) is 9.04. The van der Waals surface area contributed by atoms with Crippen molar-refractivity contribution in [1.29, 1.82) is 0 Å². The van der Waals surface area contributed by atoms with Crippen molar-refractivity contribution in [2.24, 2.45) is 0 Å². The Morgan fingerprint density at radius 1 is 1.25 bits per heavy atom. The van der Waals surface area contributed by atoms with Crippen LogP contribution < -0.4 is 4.90 Å². The molecule has 2 rings (SSSR count). The third-order valence-corrected chi connectivity index (χ3v) is 3.12. The van der Waals surface area contributed by atoms with Crippen molar-refractivity contribution in [3.63, 3.8) is 0 Å². The second kappa shape index (κ2) is 6.70. The van der Waals surface area contributed by atoms with E-state index in [9.17, 15) is 4.79 Å². The van der Waals surface area contributed by atoms with Crippen molar-refractivity contribution < 1.29 is 9.90 Å². The van der Waals surface area contributed by atoms with E-state index >= 15 is 0 Å². The number of pyridine rings is 1. The highest BCUT2D eigenvalue weighted by atomic mass is 16.4. The van der Waals surface area contributed by atoms with E-state index in [0.717, 1.165) is 23.2 Å². The van der Waals surface area contributed by atoms with Gasteiger partial charge in [0, 0.05) is 24.6 Å². The van der Waals surface area contributed by atoms with E-state index in [-0.39, 0.29) is 6.54 Å². The first kappa shape index (κ1) is 14.1. The minimum Gasteiger partial charge on any atom is -0.480 e. The van der Waals surface area contributed by atoms with Crippen LogP contribution in [-0.4, -0.2) is 29.1 Å². The van der Waals surface area contributed by atoms with E-state index in [4.69, 9.17) is 5.11 Å². The molecule has 4 heteroatoms. The van der Waals surface area contributed by atoms with Gasteiger partial charge in [0.1, 0.15) is 6.54 Å². The summed E-state index contributed by atoms with van der Waals surface area (Å²) in [4.78, 5) is 17.0. The monoisotopic (exact) mass is 270 g/mol. The van der Waals surface area contributed by atoms with Gasteiger partial charge in [-0.1, -0.05) is 23.8 Å². The maximum Gasteiger partial charge on any atom is 0.323 e.